The van der Waals surface area contributed by atoms with Crippen LogP contribution >= 0.6 is 0 Å². The van der Waals surface area contributed by atoms with Crippen molar-refractivity contribution in [3.8, 4) is 0 Å². The molecule has 0 saturated heterocycles. The molecule has 0 atom stereocenters. The van der Waals surface area contributed by atoms with Crippen molar-refractivity contribution in [3.63, 3.8) is 0 Å². The summed E-state index contributed by atoms with van der Waals surface area (Å²) < 4.78 is 4.77. The summed E-state index contributed by atoms with van der Waals surface area (Å²) in [6.45, 7) is 4.22. The van der Waals surface area contributed by atoms with Gasteiger partial charge in [-0.25, -0.2) is 9.78 Å². The van der Waals surface area contributed by atoms with Crippen molar-refractivity contribution in [1.82, 2.24) is 4.98 Å². The molecule has 2 rings (SSSR count). The van der Waals surface area contributed by atoms with E-state index in [1.54, 1.807) is 6.07 Å². The monoisotopic (exact) mass is 285 g/mol. The van der Waals surface area contributed by atoms with Crippen molar-refractivity contribution in [1.29, 1.82) is 0 Å². The number of rotatable bonds is 4. The summed E-state index contributed by atoms with van der Waals surface area (Å²) in [5, 5.41) is 3.20. The minimum atomic E-state index is -0.473. The first-order valence-electron chi connectivity index (χ1n) is 6.72. The number of aromatic nitrogens is 1. The van der Waals surface area contributed by atoms with Crippen LogP contribution < -0.4 is 11.1 Å². The topological polar surface area (TPSA) is 77.2 Å². The van der Waals surface area contributed by atoms with E-state index in [2.05, 4.69) is 24.1 Å². The summed E-state index contributed by atoms with van der Waals surface area (Å²) in [6, 6.07) is 9.47. The van der Waals surface area contributed by atoms with E-state index in [-0.39, 0.29) is 0 Å². The molecule has 0 saturated carbocycles. The van der Waals surface area contributed by atoms with Crippen LogP contribution in [0, 0.1) is 0 Å². The van der Waals surface area contributed by atoms with Crippen LogP contribution in [0.4, 0.5) is 17.2 Å². The van der Waals surface area contributed by atoms with Gasteiger partial charge in [0.2, 0.25) is 0 Å². The van der Waals surface area contributed by atoms with E-state index in [9.17, 15) is 4.79 Å². The molecule has 0 bridgehead atoms. The Bertz CT molecular complexity index is 654. The number of nitrogens with two attached hydrogens (primary N) is 1. The molecule has 0 spiro atoms. The molecular weight excluding hydrogens is 266 g/mol. The molecule has 0 amide bonds. The highest BCUT2D eigenvalue weighted by Crippen LogP contribution is 2.28. The standard InChI is InChI=1S/C16H19N3O2/c1-10(2)12-6-4-5-7-14(12)19-15-13(16(20)21-3)8-11(17)9-18-15/h4-10H,17H2,1-3H3,(H,18,19). The second kappa shape index (κ2) is 6.26. The van der Waals surface area contributed by atoms with Gasteiger partial charge in [-0.1, -0.05) is 32.0 Å². The molecule has 1 aromatic heterocycles. The lowest BCUT2D eigenvalue weighted by molar-refractivity contribution is 0.0601. The Balaban J connectivity index is 2.43. The molecule has 3 N–H and O–H groups in total. The fourth-order valence-corrected chi connectivity index (χ4v) is 2.09. The summed E-state index contributed by atoms with van der Waals surface area (Å²) in [5.74, 6) is 0.313. The zero-order valence-electron chi connectivity index (χ0n) is 12.4. The summed E-state index contributed by atoms with van der Waals surface area (Å²) in [7, 11) is 1.33. The minimum Gasteiger partial charge on any atom is -0.465 e. The number of nitrogen functional groups attached to an aromatic ring is 1. The minimum absolute atomic E-state index is 0.316. The predicted octanol–water partition coefficient (Wildman–Crippen LogP) is 3.32. The van der Waals surface area contributed by atoms with Crippen LogP contribution in [0.5, 0.6) is 0 Å². The number of hydrogen-bond donors (Lipinski definition) is 2. The molecule has 5 nitrogen and oxygen atoms in total. The molecule has 1 heterocycles. The van der Waals surface area contributed by atoms with Gasteiger partial charge in [0.05, 0.1) is 19.0 Å². The molecular formula is C16H19N3O2. The number of ether oxygens (including phenoxy) is 1. The summed E-state index contributed by atoms with van der Waals surface area (Å²) in [6.07, 6.45) is 1.51. The van der Waals surface area contributed by atoms with Gasteiger partial charge in [-0.3, -0.25) is 0 Å². The van der Waals surface area contributed by atoms with E-state index in [1.807, 2.05) is 24.3 Å². The van der Waals surface area contributed by atoms with Crippen LogP contribution in [0.15, 0.2) is 36.5 Å². The van der Waals surface area contributed by atoms with Crippen LogP contribution in [0.25, 0.3) is 0 Å². The molecule has 0 fully saturated rings. The van der Waals surface area contributed by atoms with Crippen molar-refractivity contribution in [2.45, 2.75) is 19.8 Å². The third-order valence-corrected chi connectivity index (χ3v) is 3.15. The maximum atomic E-state index is 11.8. The predicted molar refractivity (Wildman–Crippen MR) is 83.8 cm³/mol. The van der Waals surface area contributed by atoms with Gasteiger partial charge in [-0.15, -0.1) is 0 Å². The summed E-state index contributed by atoms with van der Waals surface area (Å²) in [5.41, 5.74) is 8.48. The van der Waals surface area contributed by atoms with Gasteiger partial charge >= 0.3 is 5.97 Å². The molecule has 0 aliphatic heterocycles. The van der Waals surface area contributed by atoms with Crippen molar-refractivity contribution in [2.75, 3.05) is 18.2 Å². The molecule has 1 aromatic carbocycles. The Morgan fingerprint density at radius 1 is 1.33 bits per heavy atom. The fraction of sp³-hybridized carbons (Fsp3) is 0.250. The third-order valence-electron chi connectivity index (χ3n) is 3.15. The number of methoxy groups -OCH3 is 1. The number of para-hydroxylation sites is 1. The number of carbonyl (C=O) groups is 1. The summed E-state index contributed by atoms with van der Waals surface area (Å²) in [4.78, 5) is 16.0. The quantitative estimate of drug-likeness (QED) is 0.843. The molecule has 0 radical (unpaired) electrons. The van der Waals surface area contributed by atoms with Crippen LogP contribution in [-0.2, 0) is 4.74 Å². The van der Waals surface area contributed by atoms with E-state index >= 15 is 0 Å². The summed E-state index contributed by atoms with van der Waals surface area (Å²) >= 11 is 0. The van der Waals surface area contributed by atoms with Crippen LogP contribution in [0.3, 0.4) is 0 Å². The van der Waals surface area contributed by atoms with Crippen molar-refractivity contribution in [2.24, 2.45) is 0 Å². The highest BCUT2D eigenvalue weighted by Gasteiger charge is 2.15. The van der Waals surface area contributed by atoms with Gasteiger partial charge in [-0.2, -0.15) is 0 Å². The average molecular weight is 285 g/mol. The van der Waals surface area contributed by atoms with Crippen LogP contribution in [-0.4, -0.2) is 18.1 Å². The lowest BCUT2D eigenvalue weighted by Gasteiger charge is -2.15. The van der Waals surface area contributed by atoms with Gasteiger partial charge in [-0.05, 0) is 23.6 Å². The number of hydrogen-bond acceptors (Lipinski definition) is 5. The SMILES string of the molecule is COC(=O)c1cc(N)cnc1Nc1ccccc1C(C)C. The Morgan fingerprint density at radius 3 is 2.71 bits per heavy atom. The second-order valence-electron chi connectivity index (χ2n) is 5.02. The molecule has 0 aliphatic carbocycles. The van der Waals surface area contributed by atoms with Crippen molar-refractivity contribution < 1.29 is 9.53 Å². The number of nitrogens with one attached hydrogen (secondary N) is 1. The first kappa shape index (κ1) is 14.8. The first-order chi connectivity index (χ1) is 10.0. The van der Waals surface area contributed by atoms with Crippen LogP contribution in [0.1, 0.15) is 35.7 Å². The second-order valence-corrected chi connectivity index (χ2v) is 5.02. The Labute approximate surface area is 124 Å². The van der Waals surface area contributed by atoms with Crippen LogP contribution in [0.2, 0.25) is 0 Å². The van der Waals surface area contributed by atoms with Gasteiger partial charge in [0.25, 0.3) is 0 Å². The van der Waals surface area contributed by atoms with Gasteiger partial charge in [0, 0.05) is 5.69 Å². The number of carbonyl (C=O) groups excluding carboxylic acids is 1. The highest BCUT2D eigenvalue weighted by molar-refractivity contribution is 5.96. The molecule has 2 aromatic rings. The molecule has 0 aliphatic rings. The zero-order valence-corrected chi connectivity index (χ0v) is 12.4. The van der Waals surface area contributed by atoms with Gasteiger partial charge in [0.1, 0.15) is 11.4 Å². The third kappa shape index (κ3) is 3.31. The normalized spacial score (nSPS) is 10.5. The Morgan fingerprint density at radius 2 is 2.05 bits per heavy atom. The Hall–Kier alpha value is -2.56. The van der Waals surface area contributed by atoms with E-state index in [4.69, 9.17) is 10.5 Å². The lowest BCUT2D eigenvalue weighted by atomic mass is 10.0. The van der Waals surface area contributed by atoms with Crippen molar-refractivity contribution in [3.05, 3.63) is 47.7 Å². The zero-order chi connectivity index (χ0) is 15.4. The number of anilines is 3. The fourth-order valence-electron chi connectivity index (χ4n) is 2.09. The van der Waals surface area contributed by atoms with E-state index in [1.165, 1.54) is 13.3 Å². The molecule has 0 unspecified atom stereocenters. The lowest BCUT2D eigenvalue weighted by Crippen LogP contribution is -2.09. The first-order valence-corrected chi connectivity index (χ1v) is 6.72. The number of nitrogens with zero attached hydrogens (tertiary/aromatic N) is 1. The van der Waals surface area contributed by atoms with Crippen molar-refractivity contribution >= 4 is 23.2 Å². The maximum absolute atomic E-state index is 11.8. The number of esters is 1. The Kier molecular flexibility index (Phi) is 4.42. The molecule has 110 valence electrons. The van der Waals surface area contributed by atoms with E-state index in [0.717, 1.165) is 11.3 Å². The van der Waals surface area contributed by atoms with E-state index < -0.39 is 5.97 Å². The van der Waals surface area contributed by atoms with Gasteiger partial charge < -0.3 is 15.8 Å². The maximum Gasteiger partial charge on any atom is 0.341 e. The number of benzene rings is 1. The largest absolute Gasteiger partial charge is 0.465 e. The smallest absolute Gasteiger partial charge is 0.341 e. The average Bonchev–Trinajstić information content (AvgIpc) is 2.48. The number of pyridine rings is 1. The molecule has 21 heavy (non-hydrogen) atoms. The van der Waals surface area contributed by atoms with E-state index in [0.29, 0.717) is 23.0 Å². The van der Waals surface area contributed by atoms with Gasteiger partial charge in [0.15, 0.2) is 0 Å². The molecule has 5 heteroatoms. The highest BCUT2D eigenvalue weighted by atomic mass is 16.5.